The molecule has 2 aromatic carbocycles. The molecule has 0 saturated heterocycles. The van der Waals surface area contributed by atoms with E-state index in [1.807, 2.05) is 12.1 Å². The van der Waals surface area contributed by atoms with Crippen LogP contribution in [-0.4, -0.2) is 15.6 Å². The van der Waals surface area contributed by atoms with Gasteiger partial charge in [0.15, 0.2) is 5.69 Å². The number of nitrogen functional groups attached to an aromatic ring is 1. The Kier molecular flexibility index (Phi) is 17.1. The maximum Gasteiger partial charge on any atom is 0.303 e. The van der Waals surface area contributed by atoms with E-state index in [1.54, 1.807) is 0 Å². The van der Waals surface area contributed by atoms with Gasteiger partial charge in [-0.25, -0.2) is 0 Å². The van der Waals surface area contributed by atoms with Crippen molar-refractivity contribution in [1.29, 1.82) is 5.41 Å². The number of nitrogens with zero attached hydrogens (tertiary/aromatic N) is 2. The number of anilines is 1. The predicted molar refractivity (Wildman–Crippen MR) is 198 cm³/mol. The van der Waals surface area contributed by atoms with Gasteiger partial charge in [-0.15, -0.1) is 0 Å². The Hall–Kier alpha value is -3.67. The van der Waals surface area contributed by atoms with Crippen LogP contribution in [0.2, 0.25) is 0 Å². The molecule has 256 valence electrons. The number of para-hydroxylation sites is 2. The van der Waals surface area contributed by atoms with Crippen molar-refractivity contribution in [2.75, 3.05) is 5.73 Å². The topological polar surface area (TPSA) is 96.0 Å². The molecule has 0 amide bonds. The Morgan fingerprint density at radius 3 is 1.96 bits per heavy atom. The molecule has 47 heavy (non-hydrogen) atoms. The Labute approximate surface area is 283 Å². The molecule has 0 unspecified atom stereocenters. The van der Waals surface area contributed by atoms with Crippen LogP contribution in [0.3, 0.4) is 0 Å². The molecule has 0 bridgehead atoms. The number of rotatable bonds is 20. The summed E-state index contributed by atoms with van der Waals surface area (Å²) in [6.07, 6.45) is 20.3. The lowest BCUT2D eigenvalue weighted by Crippen LogP contribution is -2.38. The molecule has 0 spiro atoms. The Bertz CT molecular complexity index is 1580. The molecule has 2 aromatic heterocycles. The maximum atomic E-state index is 10.2. The fourth-order valence-electron chi connectivity index (χ4n) is 6.62. The number of aliphatic carboxylic acids is 1. The van der Waals surface area contributed by atoms with Crippen LogP contribution in [0, 0.1) is 19.3 Å². The zero-order valence-electron chi connectivity index (χ0n) is 29.5. The van der Waals surface area contributed by atoms with Crippen molar-refractivity contribution in [3.63, 3.8) is 0 Å². The Morgan fingerprint density at radius 1 is 0.745 bits per heavy atom. The minimum Gasteiger partial charge on any atom is -0.481 e. The van der Waals surface area contributed by atoms with Crippen LogP contribution in [0.15, 0.2) is 60.7 Å². The van der Waals surface area contributed by atoms with E-state index < -0.39 is 5.97 Å². The summed E-state index contributed by atoms with van der Waals surface area (Å²) < 4.78 is 4.80. The predicted octanol–water partition coefficient (Wildman–Crippen LogP) is 10.2. The standard InChI is InChI=1S/C30H38N4.C11H22O2/c1-23-21-27(31)25-15-9-11-17-29(25)33(23)19-13-7-5-3-4-6-8-14-20-34-24(2)22-28(32)26-16-10-12-18-30(26)34;1-2-3-4-5-6-7-8-9-10-11(12)13/h9-12,15-18,21-22,31-32H,3-8,13-14,19-20H2,1-2H3;2-10H2,1H3,(H,12,13)/p+1. The first kappa shape index (κ1) is 37.8. The third-order valence-corrected chi connectivity index (χ3v) is 9.32. The molecule has 2 heterocycles. The van der Waals surface area contributed by atoms with E-state index >= 15 is 0 Å². The number of aromatic nitrogens is 2. The second-order valence-corrected chi connectivity index (χ2v) is 13.2. The Balaban J connectivity index is 0.000000392. The van der Waals surface area contributed by atoms with E-state index in [2.05, 4.69) is 78.4 Å². The van der Waals surface area contributed by atoms with Gasteiger partial charge < -0.3 is 20.8 Å². The molecule has 0 saturated carbocycles. The van der Waals surface area contributed by atoms with E-state index in [1.165, 1.54) is 112 Å². The number of unbranched alkanes of at least 4 members (excludes halogenated alkanes) is 14. The van der Waals surface area contributed by atoms with E-state index in [-0.39, 0.29) is 0 Å². The van der Waals surface area contributed by atoms with Gasteiger partial charge in [0.05, 0.1) is 21.9 Å². The largest absolute Gasteiger partial charge is 0.481 e. The van der Waals surface area contributed by atoms with Crippen molar-refractivity contribution in [3.8, 4) is 0 Å². The third-order valence-electron chi connectivity index (χ3n) is 9.32. The summed E-state index contributed by atoms with van der Waals surface area (Å²) >= 11 is 0. The lowest BCUT2D eigenvalue weighted by atomic mass is 10.1. The number of benzene rings is 2. The zero-order valence-corrected chi connectivity index (χ0v) is 29.5. The maximum absolute atomic E-state index is 10.2. The lowest BCUT2D eigenvalue weighted by molar-refractivity contribution is -0.677. The summed E-state index contributed by atoms with van der Waals surface area (Å²) in [4.78, 5) is 10.2. The minimum atomic E-state index is -0.661. The van der Waals surface area contributed by atoms with Crippen LogP contribution in [-0.2, 0) is 17.9 Å². The molecule has 0 atom stereocenters. The summed E-state index contributed by atoms with van der Waals surface area (Å²) in [7, 11) is 0. The van der Waals surface area contributed by atoms with Crippen molar-refractivity contribution in [1.82, 2.24) is 4.57 Å². The van der Waals surface area contributed by atoms with Gasteiger partial charge in [-0.2, -0.15) is 4.57 Å². The summed E-state index contributed by atoms with van der Waals surface area (Å²) in [6.45, 7) is 8.60. The SMILES string of the molecule is CCCCCCCCCCC(=O)O.Cc1cc(=N)c2ccccc2n1CCCCCCCCCC[n+]1c(C)cc(N)c2ccccc21. The molecule has 6 nitrogen and oxygen atoms in total. The number of pyridine rings is 2. The molecule has 4 rings (SSSR count). The summed E-state index contributed by atoms with van der Waals surface area (Å²) in [5.41, 5.74) is 12.0. The fourth-order valence-corrected chi connectivity index (χ4v) is 6.62. The van der Waals surface area contributed by atoms with Gasteiger partial charge in [-0.1, -0.05) is 114 Å². The number of nitrogens with two attached hydrogens (primary N) is 1. The van der Waals surface area contributed by atoms with Crippen molar-refractivity contribution in [2.24, 2.45) is 0 Å². The van der Waals surface area contributed by atoms with Crippen molar-refractivity contribution < 1.29 is 14.5 Å². The first-order valence-corrected chi connectivity index (χ1v) is 18.4. The minimum absolute atomic E-state index is 0.342. The molecule has 0 fully saturated rings. The van der Waals surface area contributed by atoms with Gasteiger partial charge in [0.1, 0.15) is 6.54 Å². The molecule has 0 aliphatic heterocycles. The number of carboxylic acid groups (broad SMARTS) is 1. The fraction of sp³-hybridized carbons (Fsp3) is 0.537. The van der Waals surface area contributed by atoms with Gasteiger partial charge in [-0.3, -0.25) is 4.79 Å². The lowest BCUT2D eigenvalue weighted by Gasteiger charge is -2.15. The van der Waals surface area contributed by atoms with Gasteiger partial charge in [0.2, 0.25) is 5.52 Å². The van der Waals surface area contributed by atoms with Crippen LogP contribution in [0.4, 0.5) is 5.69 Å². The zero-order chi connectivity index (χ0) is 33.9. The number of hydrogen-bond acceptors (Lipinski definition) is 3. The molecular weight excluding hydrogens is 580 g/mol. The molecule has 4 aromatic rings. The average Bonchev–Trinajstić information content (AvgIpc) is 3.06. The van der Waals surface area contributed by atoms with Crippen LogP contribution in [0.25, 0.3) is 21.8 Å². The summed E-state index contributed by atoms with van der Waals surface area (Å²) in [6, 6.07) is 20.9. The molecule has 4 N–H and O–H groups in total. The second kappa shape index (κ2) is 21.3. The van der Waals surface area contributed by atoms with Crippen LogP contribution in [0.1, 0.15) is 127 Å². The number of fused-ring (bicyclic) bond motifs is 2. The van der Waals surface area contributed by atoms with E-state index in [0.29, 0.717) is 11.8 Å². The van der Waals surface area contributed by atoms with E-state index in [0.717, 1.165) is 42.4 Å². The summed E-state index contributed by atoms with van der Waals surface area (Å²) in [5.74, 6) is -0.661. The van der Waals surface area contributed by atoms with Crippen LogP contribution >= 0.6 is 0 Å². The second-order valence-electron chi connectivity index (χ2n) is 13.2. The highest BCUT2D eigenvalue weighted by atomic mass is 16.4. The normalized spacial score (nSPS) is 11.1. The number of hydrogen-bond donors (Lipinski definition) is 3. The van der Waals surface area contributed by atoms with Gasteiger partial charge >= 0.3 is 5.97 Å². The first-order valence-electron chi connectivity index (χ1n) is 18.4. The number of carboxylic acids is 1. The highest BCUT2D eigenvalue weighted by molar-refractivity contribution is 5.87. The molecule has 0 radical (unpaired) electrons. The molecule has 6 heteroatoms. The number of nitrogens with one attached hydrogen (secondary N) is 1. The number of aryl methyl sites for hydroxylation is 4. The van der Waals surface area contributed by atoms with E-state index in [4.69, 9.17) is 16.2 Å². The third kappa shape index (κ3) is 12.8. The van der Waals surface area contributed by atoms with E-state index in [9.17, 15) is 4.79 Å². The summed E-state index contributed by atoms with van der Waals surface area (Å²) in [5, 5.41) is 19.4. The molecular formula is C41H61N4O2+. The quantitative estimate of drug-likeness (QED) is 0.0662. The smallest absolute Gasteiger partial charge is 0.303 e. The van der Waals surface area contributed by atoms with Crippen LogP contribution in [0.5, 0.6) is 0 Å². The van der Waals surface area contributed by atoms with Crippen molar-refractivity contribution in [3.05, 3.63) is 77.4 Å². The first-order chi connectivity index (χ1) is 22.8. The highest BCUT2D eigenvalue weighted by Crippen LogP contribution is 2.19. The van der Waals surface area contributed by atoms with Crippen LogP contribution < -0.4 is 15.7 Å². The van der Waals surface area contributed by atoms with Gasteiger partial charge in [-0.05, 0) is 44.4 Å². The van der Waals surface area contributed by atoms with Crippen molar-refractivity contribution in [2.45, 2.75) is 143 Å². The van der Waals surface area contributed by atoms with Crippen molar-refractivity contribution >= 4 is 33.5 Å². The van der Waals surface area contributed by atoms with Gasteiger partial charge in [0.25, 0.3) is 0 Å². The molecule has 0 aliphatic rings. The molecule has 0 aliphatic carbocycles. The number of carbonyl (C=O) groups is 1. The monoisotopic (exact) mass is 641 g/mol. The highest BCUT2D eigenvalue weighted by Gasteiger charge is 2.14. The Morgan fingerprint density at radius 2 is 1.30 bits per heavy atom. The average molecular weight is 642 g/mol. The van der Waals surface area contributed by atoms with Gasteiger partial charge in [0, 0.05) is 49.5 Å².